The number of carbonyl (C=O) groups is 1. The molecule has 0 bridgehead atoms. The molecule has 0 atom stereocenters. The van der Waals surface area contributed by atoms with E-state index in [9.17, 15) is 18.0 Å². The molecule has 1 rings (SSSR count). The molecule has 15 heavy (non-hydrogen) atoms. The largest absolute Gasteiger partial charge is 0.405 e. The highest BCUT2D eigenvalue weighted by Gasteiger charge is 2.28. The van der Waals surface area contributed by atoms with Gasteiger partial charge in [0, 0.05) is 11.2 Å². The average molecular weight is 239 g/mol. The highest BCUT2D eigenvalue weighted by Crippen LogP contribution is 2.13. The highest BCUT2D eigenvalue weighted by molar-refractivity contribution is 6.30. The standard InChI is InChI=1S/C8H6ClF3N2O/c9-5-1-2-13-6(3-5)7(15)14-4-8(10,11)12/h1-3H,4H2,(H,14,15). The summed E-state index contributed by atoms with van der Waals surface area (Å²) in [6, 6.07) is 2.61. The zero-order chi connectivity index (χ0) is 11.5. The number of carbonyl (C=O) groups excluding carboxylic acids is 1. The van der Waals surface area contributed by atoms with Crippen molar-refractivity contribution in [2.45, 2.75) is 6.18 Å². The monoisotopic (exact) mass is 238 g/mol. The van der Waals surface area contributed by atoms with Gasteiger partial charge in [-0.3, -0.25) is 9.78 Å². The Labute approximate surface area is 88.3 Å². The molecular formula is C8H6ClF3N2O. The Morgan fingerprint density at radius 1 is 1.53 bits per heavy atom. The Morgan fingerprint density at radius 2 is 2.20 bits per heavy atom. The molecule has 0 aliphatic heterocycles. The minimum Gasteiger partial charge on any atom is -0.342 e. The van der Waals surface area contributed by atoms with E-state index in [1.807, 2.05) is 0 Å². The van der Waals surface area contributed by atoms with Crippen LogP contribution >= 0.6 is 11.6 Å². The summed E-state index contributed by atoms with van der Waals surface area (Å²) in [5, 5.41) is 1.92. The van der Waals surface area contributed by atoms with Gasteiger partial charge in [-0.1, -0.05) is 11.6 Å². The van der Waals surface area contributed by atoms with Crippen molar-refractivity contribution in [2.24, 2.45) is 0 Å². The number of pyridine rings is 1. The van der Waals surface area contributed by atoms with Gasteiger partial charge in [0.1, 0.15) is 12.2 Å². The minimum absolute atomic E-state index is 0.147. The van der Waals surface area contributed by atoms with Crippen molar-refractivity contribution in [2.75, 3.05) is 6.54 Å². The van der Waals surface area contributed by atoms with Gasteiger partial charge in [-0.25, -0.2) is 0 Å². The number of hydrogen-bond donors (Lipinski definition) is 1. The van der Waals surface area contributed by atoms with Gasteiger partial charge in [0.15, 0.2) is 0 Å². The number of amides is 1. The van der Waals surface area contributed by atoms with E-state index >= 15 is 0 Å². The quantitative estimate of drug-likeness (QED) is 0.857. The van der Waals surface area contributed by atoms with E-state index in [0.29, 0.717) is 0 Å². The topological polar surface area (TPSA) is 42.0 Å². The molecule has 82 valence electrons. The Bertz CT molecular complexity index is 367. The summed E-state index contributed by atoms with van der Waals surface area (Å²) in [4.78, 5) is 14.7. The summed E-state index contributed by atoms with van der Waals surface area (Å²) < 4.78 is 35.2. The smallest absolute Gasteiger partial charge is 0.342 e. The minimum atomic E-state index is -4.44. The third-order valence-corrected chi connectivity index (χ3v) is 1.64. The Balaban J connectivity index is 2.62. The summed E-state index contributed by atoms with van der Waals surface area (Å²) in [5.41, 5.74) is -0.147. The SMILES string of the molecule is O=C(NCC(F)(F)F)c1cc(Cl)ccn1. The zero-order valence-corrected chi connectivity index (χ0v) is 8.06. The van der Waals surface area contributed by atoms with Crippen LogP contribution in [0.4, 0.5) is 13.2 Å². The van der Waals surface area contributed by atoms with E-state index in [4.69, 9.17) is 11.6 Å². The van der Waals surface area contributed by atoms with Crippen LogP contribution in [0.1, 0.15) is 10.5 Å². The lowest BCUT2D eigenvalue weighted by atomic mass is 10.3. The third-order valence-electron chi connectivity index (χ3n) is 1.40. The molecule has 7 heteroatoms. The van der Waals surface area contributed by atoms with Crippen LogP contribution in [-0.4, -0.2) is 23.6 Å². The first-order valence-electron chi connectivity index (χ1n) is 3.85. The molecule has 1 N–H and O–H groups in total. The Morgan fingerprint density at radius 3 is 2.73 bits per heavy atom. The second-order valence-electron chi connectivity index (χ2n) is 2.66. The van der Waals surface area contributed by atoms with Crippen LogP contribution in [0.2, 0.25) is 5.02 Å². The van der Waals surface area contributed by atoms with E-state index in [2.05, 4.69) is 4.98 Å². The summed E-state index contributed by atoms with van der Waals surface area (Å²) in [5.74, 6) is -0.908. The molecule has 0 fully saturated rings. The lowest BCUT2D eigenvalue weighted by molar-refractivity contribution is -0.123. The fraction of sp³-hybridized carbons (Fsp3) is 0.250. The van der Waals surface area contributed by atoms with Crippen molar-refractivity contribution in [1.82, 2.24) is 10.3 Å². The van der Waals surface area contributed by atoms with Gasteiger partial charge in [0.25, 0.3) is 5.91 Å². The Kier molecular flexibility index (Phi) is 3.52. The molecular weight excluding hydrogens is 233 g/mol. The lowest BCUT2D eigenvalue weighted by Crippen LogP contribution is -2.34. The number of halogens is 4. The number of aromatic nitrogens is 1. The Hall–Kier alpha value is -1.30. The molecule has 0 saturated heterocycles. The van der Waals surface area contributed by atoms with E-state index in [-0.39, 0.29) is 10.7 Å². The first kappa shape index (κ1) is 11.8. The van der Waals surface area contributed by atoms with Crippen LogP contribution in [0.15, 0.2) is 18.3 Å². The molecule has 0 radical (unpaired) electrons. The number of rotatable bonds is 2. The van der Waals surface area contributed by atoms with Crippen LogP contribution < -0.4 is 5.32 Å². The van der Waals surface area contributed by atoms with Gasteiger partial charge >= 0.3 is 6.18 Å². The van der Waals surface area contributed by atoms with Crippen molar-refractivity contribution in [1.29, 1.82) is 0 Å². The number of hydrogen-bond acceptors (Lipinski definition) is 2. The van der Waals surface area contributed by atoms with Gasteiger partial charge < -0.3 is 5.32 Å². The van der Waals surface area contributed by atoms with E-state index < -0.39 is 18.6 Å². The fourth-order valence-corrected chi connectivity index (χ4v) is 0.960. The van der Waals surface area contributed by atoms with E-state index in [0.717, 1.165) is 0 Å². The molecule has 0 unspecified atom stereocenters. The zero-order valence-electron chi connectivity index (χ0n) is 7.31. The number of nitrogens with zero attached hydrogens (tertiary/aromatic N) is 1. The average Bonchev–Trinajstić information content (AvgIpc) is 2.13. The first-order chi connectivity index (χ1) is 6.88. The summed E-state index contributed by atoms with van der Waals surface area (Å²) >= 11 is 5.54. The van der Waals surface area contributed by atoms with E-state index in [1.54, 1.807) is 5.32 Å². The third kappa shape index (κ3) is 4.16. The molecule has 0 aliphatic carbocycles. The normalized spacial score (nSPS) is 11.2. The van der Waals surface area contributed by atoms with Gasteiger partial charge in [-0.05, 0) is 12.1 Å². The molecule has 3 nitrogen and oxygen atoms in total. The van der Waals surface area contributed by atoms with Crippen molar-refractivity contribution in [3.8, 4) is 0 Å². The molecule has 0 spiro atoms. The first-order valence-corrected chi connectivity index (χ1v) is 4.23. The van der Waals surface area contributed by atoms with Gasteiger partial charge in [0.2, 0.25) is 0 Å². The second-order valence-corrected chi connectivity index (χ2v) is 3.09. The highest BCUT2D eigenvalue weighted by atomic mass is 35.5. The molecule has 0 aromatic carbocycles. The molecule has 0 aliphatic rings. The van der Waals surface area contributed by atoms with Crippen LogP contribution in [0.5, 0.6) is 0 Å². The van der Waals surface area contributed by atoms with Crippen LogP contribution in [0.3, 0.4) is 0 Å². The van der Waals surface area contributed by atoms with Crippen molar-refractivity contribution >= 4 is 17.5 Å². The van der Waals surface area contributed by atoms with Gasteiger partial charge in [-0.15, -0.1) is 0 Å². The van der Waals surface area contributed by atoms with Crippen molar-refractivity contribution < 1.29 is 18.0 Å². The maximum Gasteiger partial charge on any atom is 0.405 e. The lowest BCUT2D eigenvalue weighted by Gasteiger charge is -2.07. The van der Waals surface area contributed by atoms with Gasteiger partial charge in [-0.2, -0.15) is 13.2 Å². The summed E-state index contributed by atoms with van der Waals surface area (Å²) in [7, 11) is 0. The van der Waals surface area contributed by atoms with Crippen LogP contribution in [0.25, 0.3) is 0 Å². The summed E-state index contributed by atoms with van der Waals surface area (Å²) in [6.45, 7) is -1.39. The molecule has 1 aromatic rings. The predicted molar refractivity (Wildman–Crippen MR) is 47.6 cm³/mol. The maximum atomic E-state index is 11.7. The predicted octanol–water partition coefficient (Wildman–Crippen LogP) is 2.03. The summed E-state index contributed by atoms with van der Waals surface area (Å²) in [6.07, 6.45) is -3.20. The van der Waals surface area contributed by atoms with E-state index in [1.165, 1.54) is 18.3 Å². The van der Waals surface area contributed by atoms with Gasteiger partial charge in [0.05, 0.1) is 0 Å². The fourth-order valence-electron chi connectivity index (χ4n) is 0.800. The second kappa shape index (κ2) is 4.48. The van der Waals surface area contributed by atoms with Crippen molar-refractivity contribution in [3.05, 3.63) is 29.0 Å². The number of alkyl halides is 3. The van der Waals surface area contributed by atoms with Crippen LogP contribution in [-0.2, 0) is 0 Å². The molecule has 0 saturated carbocycles. The van der Waals surface area contributed by atoms with Crippen LogP contribution in [0, 0.1) is 0 Å². The number of nitrogens with one attached hydrogen (secondary N) is 1. The maximum absolute atomic E-state index is 11.7. The molecule has 1 aromatic heterocycles. The molecule has 1 amide bonds. The van der Waals surface area contributed by atoms with Crippen molar-refractivity contribution in [3.63, 3.8) is 0 Å². The molecule has 1 heterocycles.